The van der Waals surface area contributed by atoms with Crippen LogP contribution < -0.4 is 16.0 Å². The predicted octanol–water partition coefficient (Wildman–Crippen LogP) is 2.42. The van der Waals surface area contributed by atoms with E-state index in [1.807, 2.05) is 11.8 Å². The Hall–Kier alpha value is -2.28. The Bertz CT molecular complexity index is 764. The molecule has 1 heterocycles. The Kier molecular flexibility index (Phi) is 8.37. The molecule has 1 aromatic carbocycles. The van der Waals surface area contributed by atoms with Crippen molar-refractivity contribution in [3.8, 4) is 0 Å². The van der Waals surface area contributed by atoms with Crippen molar-refractivity contribution >= 4 is 29.4 Å². The third-order valence-electron chi connectivity index (χ3n) is 5.68. The number of hydrogen-bond acceptors (Lipinski definition) is 3. The van der Waals surface area contributed by atoms with Gasteiger partial charge in [0.15, 0.2) is 5.96 Å². The van der Waals surface area contributed by atoms with Gasteiger partial charge in [0.05, 0.1) is 17.1 Å². The van der Waals surface area contributed by atoms with E-state index in [0.717, 1.165) is 38.9 Å². The molecule has 7 nitrogen and oxygen atoms in total. The number of likely N-dealkylation sites (tertiary alicyclic amines) is 1. The summed E-state index contributed by atoms with van der Waals surface area (Å²) in [5.41, 5.74) is 0.464. The first kappa shape index (κ1) is 22.4. The van der Waals surface area contributed by atoms with Gasteiger partial charge in [-0.05, 0) is 38.3 Å². The lowest BCUT2D eigenvalue weighted by Gasteiger charge is -2.21. The summed E-state index contributed by atoms with van der Waals surface area (Å²) in [6.45, 7) is 5.15. The van der Waals surface area contributed by atoms with Gasteiger partial charge < -0.3 is 20.9 Å². The van der Waals surface area contributed by atoms with E-state index >= 15 is 0 Å². The van der Waals surface area contributed by atoms with E-state index < -0.39 is 0 Å². The van der Waals surface area contributed by atoms with Crippen LogP contribution in [-0.2, 0) is 4.79 Å². The minimum absolute atomic E-state index is 0.200. The maximum atomic E-state index is 12.6. The highest BCUT2D eigenvalue weighted by Crippen LogP contribution is 2.27. The molecule has 1 aromatic rings. The van der Waals surface area contributed by atoms with Gasteiger partial charge in [0, 0.05) is 38.1 Å². The van der Waals surface area contributed by atoms with Gasteiger partial charge in [-0.25, -0.2) is 0 Å². The van der Waals surface area contributed by atoms with Crippen molar-refractivity contribution in [1.82, 2.24) is 20.9 Å². The first-order valence-electron chi connectivity index (χ1n) is 10.9. The second kappa shape index (κ2) is 11.2. The molecule has 164 valence electrons. The van der Waals surface area contributed by atoms with Crippen LogP contribution in [0.5, 0.6) is 0 Å². The summed E-state index contributed by atoms with van der Waals surface area (Å²) < 4.78 is 0. The predicted molar refractivity (Wildman–Crippen MR) is 120 cm³/mol. The highest BCUT2D eigenvalue weighted by Gasteiger charge is 2.32. The van der Waals surface area contributed by atoms with Crippen molar-refractivity contribution in [2.24, 2.45) is 10.9 Å². The van der Waals surface area contributed by atoms with Gasteiger partial charge >= 0.3 is 0 Å². The lowest BCUT2D eigenvalue weighted by Crippen LogP contribution is -2.45. The summed E-state index contributed by atoms with van der Waals surface area (Å²) in [5.74, 6) is 1.06. The van der Waals surface area contributed by atoms with E-state index in [-0.39, 0.29) is 17.9 Å². The second-order valence-corrected chi connectivity index (χ2v) is 8.30. The Labute approximate surface area is 183 Å². The van der Waals surface area contributed by atoms with E-state index in [9.17, 15) is 9.59 Å². The maximum absolute atomic E-state index is 12.6. The Morgan fingerprint density at radius 1 is 1.17 bits per heavy atom. The van der Waals surface area contributed by atoms with Gasteiger partial charge in [-0.15, -0.1) is 0 Å². The summed E-state index contributed by atoms with van der Waals surface area (Å²) in [6, 6.07) is 7.18. The van der Waals surface area contributed by atoms with Crippen LogP contribution in [0.15, 0.2) is 29.3 Å². The summed E-state index contributed by atoms with van der Waals surface area (Å²) in [7, 11) is 0. The molecule has 2 fully saturated rings. The van der Waals surface area contributed by atoms with Gasteiger partial charge in [-0.1, -0.05) is 36.6 Å². The molecule has 0 aromatic heterocycles. The third kappa shape index (κ3) is 6.11. The Morgan fingerprint density at radius 2 is 1.93 bits per heavy atom. The van der Waals surface area contributed by atoms with Crippen LogP contribution in [0.25, 0.3) is 0 Å². The van der Waals surface area contributed by atoms with Gasteiger partial charge in [-0.2, -0.15) is 0 Å². The molecule has 8 heteroatoms. The fourth-order valence-corrected chi connectivity index (χ4v) is 4.32. The largest absolute Gasteiger partial charge is 0.357 e. The average molecular weight is 434 g/mol. The summed E-state index contributed by atoms with van der Waals surface area (Å²) in [6.07, 6.45) is 5.35. The van der Waals surface area contributed by atoms with Crippen molar-refractivity contribution in [2.45, 2.75) is 45.1 Å². The van der Waals surface area contributed by atoms with Gasteiger partial charge in [0.2, 0.25) is 5.91 Å². The average Bonchev–Trinajstić information content (AvgIpc) is 3.43. The molecular weight excluding hydrogens is 402 g/mol. The molecule has 2 amide bonds. The molecule has 3 rings (SSSR count). The number of carbonyl (C=O) groups is 2. The zero-order valence-corrected chi connectivity index (χ0v) is 18.4. The second-order valence-electron chi connectivity index (χ2n) is 7.89. The van der Waals surface area contributed by atoms with E-state index in [1.54, 1.807) is 24.3 Å². The van der Waals surface area contributed by atoms with Crippen LogP contribution in [0.3, 0.4) is 0 Å². The number of carbonyl (C=O) groups excluding carboxylic acids is 2. The molecule has 2 aliphatic rings. The fraction of sp³-hybridized carbons (Fsp3) is 0.591. The molecule has 3 N–H and O–H groups in total. The number of nitrogens with zero attached hydrogens (tertiary/aromatic N) is 2. The quantitative estimate of drug-likeness (QED) is 0.350. The monoisotopic (exact) mass is 433 g/mol. The minimum atomic E-state index is -0.203. The highest BCUT2D eigenvalue weighted by molar-refractivity contribution is 6.33. The molecule has 30 heavy (non-hydrogen) atoms. The minimum Gasteiger partial charge on any atom is -0.357 e. The fourth-order valence-electron chi connectivity index (χ4n) is 4.10. The van der Waals surface area contributed by atoms with Crippen LogP contribution in [0.4, 0.5) is 0 Å². The first-order chi connectivity index (χ1) is 14.6. The molecule has 0 radical (unpaired) electrons. The highest BCUT2D eigenvalue weighted by atomic mass is 35.5. The molecular formula is C22H32ClN5O2. The molecule has 1 aliphatic heterocycles. The molecule has 1 unspecified atom stereocenters. The Morgan fingerprint density at radius 3 is 2.67 bits per heavy atom. The first-order valence-corrected chi connectivity index (χ1v) is 11.3. The van der Waals surface area contributed by atoms with Crippen LogP contribution in [0.1, 0.15) is 49.4 Å². The van der Waals surface area contributed by atoms with E-state index in [1.165, 1.54) is 12.8 Å². The number of aliphatic imine (C=N–C) groups is 1. The van der Waals surface area contributed by atoms with Gasteiger partial charge in [-0.3, -0.25) is 14.6 Å². The van der Waals surface area contributed by atoms with Crippen molar-refractivity contribution in [3.05, 3.63) is 34.9 Å². The normalized spacial score (nSPS) is 19.7. The smallest absolute Gasteiger partial charge is 0.252 e. The number of amides is 2. The molecule has 1 saturated carbocycles. The molecule has 0 bridgehead atoms. The number of rotatable bonds is 7. The lowest BCUT2D eigenvalue weighted by atomic mass is 10.1. The number of benzene rings is 1. The maximum Gasteiger partial charge on any atom is 0.252 e. The topological polar surface area (TPSA) is 85.8 Å². The zero-order chi connectivity index (χ0) is 21.3. The molecule has 0 spiro atoms. The lowest BCUT2D eigenvalue weighted by molar-refractivity contribution is -0.134. The van der Waals surface area contributed by atoms with Crippen molar-refractivity contribution < 1.29 is 9.59 Å². The summed E-state index contributed by atoms with van der Waals surface area (Å²) >= 11 is 6.06. The number of guanidine groups is 1. The standard InChI is InChI=1S/C22H32ClN5O2/c1-2-24-22(26-13-12-25-20(29)18-9-5-6-10-19(18)23)27-17-11-14-28(15-17)21(30)16-7-3-4-8-16/h5-6,9-10,16-17H,2-4,7-8,11-15H2,1H3,(H,25,29)(H2,24,26,27). The van der Waals surface area contributed by atoms with Gasteiger partial charge in [0.25, 0.3) is 5.91 Å². The molecule has 1 aliphatic carbocycles. The van der Waals surface area contributed by atoms with Crippen LogP contribution in [-0.4, -0.2) is 61.4 Å². The van der Waals surface area contributed by atoms with E-state index in [4.69, 9.17) is 11.6 Å². The SMILES string of the molecule is CCNC(=NCCNC(=O)c1ccccc1Cl)NC1CCN(C(=O)C2CCCC2)C1. The van der Waals surface area contributed by atoms with Gasteiger partial charge in [0.1, 0.15) is 0 Å². The van der Waals surface area contributed by atoms with Crippen molar-refractivity contribution in [3.63, 3.8) is 0 Å². The van der Waals surface area contributed by atoms with Crippen molar-refractivity contribution in [1.29, 1.82) is 0 Å². The van der Waals surface area contributed by atoms with E-state index in [2.05, 4.69) is 20.9 Å². The van der Waals surface area contributed by atoms with Crippen molar-refractivity contribution in [2.75, 3.05) is 32.7 Å². The zero-order valence-electron chi connectivity index (χ0n) is 17.6. The number of hydrogen-bond donors (Lipinski definition) is 3. The molecule has 1 saturated heterocycles. The Balaban J connectivity index is 1.45. The summed E-state index contributed by atoms with van der Waals surface area (Å²) in [4.78, 5) is 31.4. The van der Waals surface area contributed by atoms with Crippen LogP contribution in [0, 0.1) is 5.92 Å². The number of halogens is 1. The van der Waals surface area contributed by atoms with Crippen LogP contribution in [0.2, 0.25) is 5.02 Å². The van der Waals surface area contributed by atoms with Crippen LogP contribution >= 0.6 is 11.6 Å². The molecule has 1 atom stereocenters. The number of nitrogens with one attached hydrogen (secondary N) is 3. The summed E-state index contributed by atoms with van der Waals surface area (Å²) in [5, 5.41) is 9.95. The van der Waals surface area contributed by atoms with E-state index in [0.29, 0.717) is 35.5 Å². The third-order valence-corrected chi connectivity index (χ3v) is 6.00.